The van der Waals surface area contributed by atoms with E-state index >= 15 is 0 Å². The fourth-order valence-electron chi connectivity index (χ4n) is 3.55. The van der Waals surface area contributed by atoms with Gasteiger partial charge >= 0.3 is 37.9 Å². The monoisotopic (exact) mass is 403 g/mol. The fraction of sp³-hybridized carbons (Fsp3) is 0.562. The number of aliphatic imine (C=N–C) groups is 1. The van der Waals surface area contributed by atoms with Gasteiger partial charge in [0.05, 0.1) is 6.04 Å². The first-order chi connectivity index (χ1) is 10.1. The van der Waals surface area contributed by atoms with Crippen LogP contribution >= 0.6 is 17.0 Å². The molecular weight excluding hydrogens is 384 g/mol. The van der Waals surface area contributed by atoms with Gasteiger partial charge in [-0.3, -0.25) is 4.99 Å². The van der Waals surface area contributed by atoms with Crippen molar-refractivity contribution in [2.75, 3.05) is 0 Å². The van der Waals surface area contributed by atoms with Gasteiger partial charge in [-0.2, -0.15) is 0 Å². The summed E-state index contributed by atoms with van der Waals surface area (Å²) in [4.78, 5) is 4.64. The van der Waals surface area contributed by atoms with Crippen molar-refractivity contribution >= 4 is 23.2 Å². The van der Waals surface area contributed by atoms with E-state index in [4.69, 9.17) is 17.0 Å². The molecule has 2 fully saturated rings. The summed E-state index contributed by atoms with van der Waals surface area (Å²) in [6.45, 7) is 1.92. The molecule has 0 amide bonds. The average Bonchev–Trinajstić information content (AvgIpc) is 2.90. The number of phenols is 1. The summed E-state index contributed by atoms with van der Waals surface area (Å²) in [5, 5.41) is 9.91. The molecule has 0 aromatic heterocycles. The van der Waals surface area contributed by atoms with Crippen LogP contribution in [0.25, 0.3) is 0 Å². The van der Waals surface area contributed by atoms with Crippen LogP contribution < -0.4 is 0 Å². The van der Waals surface area contributed by atoms with Crippen LogP contribution in [0.4, 0.5) is 0 Å². The molecule has 114 valence electrons. The van der Waals surface area contributed by atoms with Crippen LogP contribution in [0.5, 0.6) is 5.75 Å². The Labute approximate surface area is 145 Å². The number of halogens is 2. The molecule has 2 aliphatic rings. The quantitative estimate of drug-likeness (QED) is 0.673. The molecule has 1 aromatic rings. The van der Waals surface area contributed by atoms with Gasteiger partial charge in [-0.15, -0.1) is 0 Å². The molecule has 5 heteroatoms. The number of hydrogen-bond donors (Lipinski definition) is 1. The van der Waals surface area contributed by atoms with Gasteiger partial charge in [0.15, 0.2) is 0 Å². The van der Waals surface area contributed by atoms with Crippen LogP contribution in [-0.2, 0) is 20.8 Å². The Kier molecular flexibility index (Phi) is 6.78. The Bertz CT molecular complexity index is 493. The Morgan fingerprint density at radius 2 is 1.90 bits per heavy atom. The molecule has 21 heavy (non-hydrogen) atoms. The van der Waals surface area contributed by atoms with E-state index in [0.717, 1.165) is 11.1 Å². The van der Waals surface area contributed by atoms with Crippen LogP contribution in [0.3, 0.4) is 0 Å². The molecule has 2 aliphatic carbocycles. The van der Waals surface area contributed by atoms with Crippen LogP contribution in [0, 0.1) is 12.3 Å². The molecular formula is C16H21Cl2NOZr. The van der Waals surface area contributed by atoms with E-state index in [1.54, 1.807) is 0 Å². The second-order valence-corrected chi connectivity index (χ2v) is 9.86. The van der Waals surface area contributed by atoms with E-state index in [2.05, 4.69) is 4.99 Å². The van der Waals surface area contributed by atoms with Gasteiger partial charge in [0.2, 0.25) is 0 Å². The normalized spacial score (nSPS) is 20.1. The maximum atomic E-state index is 9.91. The third-order valence-corrected chi connectivity index (χ3v) is 4.69. The zero-order valence-electron chi connectivity index (χ0n) is 12.3. The Hall–Kier alpha value is 0.153. The number of nitrogens with zero attached hydrogens (tertiary/aromatic N) is 1. The SMILES string of the molecule is Cc1cccc(C=NC2CC3(CCCC3)C2)c1O.[Cl][Zr][Cl]. The second-order valence-electron chi connectivity index (χ2n) is 6.13. The minimum atomic E-state index is -0.826. The van der Waals surface area contributed by atoms with Gasteiger partial charge in [-0.05, 0) is 49.7 Å². The molecule has 0 heterocycles. The molecule has 0 atom stereocenters. The number of para-hydroxylation sites is 1. The fourth-order valence-corrected chi connectivity index (χ4v) is 3.55. The van der Waals surface area contributed by atoms with Gasteiger partial charge in [-0.25, -0.2) is 0 Å². The summed E-state index contributed by atoms with van der Waals surface area (Å²) in [5.41, 5.74) is 2.42. The molecule has 1 N–H and O–H groups in total. The number of phenolic OH excluding ortho intramolecular Hbond substituents is 1. The van der Waals surface area contributed by atoms with E-state index in [1.807, 2.05) is 31.3 Å². The number of rotatable bonds is 2. The first-order valence-corrected chi connectivity index (χ1v) is 13.7. The van der Waals surface area contributed by atoms with Crippen molar-refractivity contribution in [2.45, 2.75) is 51.5 Å². The standard InChI is InChI=1S/C16H21NO.2ClH.Zr/c1-12-5-4-6-13(15(12)18)11-17-14-9-16(10-14)7-2-3-8-16;;;/h4-6,11,14,18H,2-3,7-10H2,1H3;2*1H;/q;;;+2/p-2. The van der Waals surface area contributed by atoms with E-state index < -0.39 is 20.8 Å². The third kappa shape index (κ3) is 4.56. The van der Waals surface area contributed by atoms with Gasteiger partial charge in [-0.1, -0.05) is 25.0 Å². The molecule has 2 nitrogen and oxygen atoms in total. The van der Waals surface area contributed by atoms with Gasteiger partial charge in [0, 0.05) is 11.8 Å². The third-order valence-electron chi connectivity index (χ3n) is 4.69. The summed E-state index contributed by atoms with van der Waals surface area (Å²) in [6.07, 6.45) is 10.0. The van der Waals surface area contributed by atoms with E-state index in [9.17, 15) is 5.11 Å². The summed E-state index contributed by atoms with van der Waals surface area (Å²) in [6, 6.07) is 6.30. The molecule has 1 spiro atoms. The van der Waals surface area contributed by atoms with E-state index in [1.165, 1.54) is 38.5 Å². The zero-order chi connectivity index (χ0) is 15.3. The van der Waals surface area contributed by atoms with Crippen molar-refractivity contribution in [1.82, 2.24) is 0 Å². The average molecular weight is 405 g/mol. The van der Waals surface area contributed by atoms with Crippen LogP contribution in [0.2, 0.25) is 0 Å². The molecule has 3 rings (SSSR count). The number of aryl methyl sites for hydroxylation is 1. The van der Waals surface area contributed by atoms with Crippen molar-refractivity contribution in [3.8, 4) is 5.75 Å². The van der Waals surface area contributed by atoms with Crippen molar-refractivity contribution in [1.29, 1.82) is 0 Å². The molecule has 0 saturated heterocycles. The van der Waals surface area contributed by atoms with Crippen molar-refractivity contribution in [3.05, 3.63) is 29.3 Å². The number of aromatic hydroxyl groups is 1. The summed E-state index contributed by atoms with van der Waals surface area (Å²) in [7, 11) is 9.87. The molecule has 2 saturated carbocycles. The Morgan fingerprint density at radius 1 is 1.29 bits per heavy atom. The summed E-state index contributed by atoms with van der Waals surface area (Å²) in [5.74, 6) is 0.371. The summed E-state index contributed by atoms with van der Waals surface area (Å²) < 4.78 is 0. The van der Waals surface area contributed by atoms with Crippen molar-refractivity contribution in [2.24, 2.45) is 10.4 Å². The Morgan fingerprint density at radius 3 is 2.52 bits per heavy atom. The van der Waals surface area contributed by atoms with Crippen LogP contribution in [-0.4, -0.2) is 17.4 Å². The molecule has 0 radical (unpaired) electrons. The predicted molar refractivity (Wildman–Crippen MR) is 86.1 cm³/mol. The number of hydrogen-bond acceptors (Lipinski definition) is 2. The predicted octanol–water partition coefficient (Wildman–Crippen LogP) is 5.22. The topological polar surface area (TPSA) is 32.6 Å². The first-order valence-electron chi connectivity index (χ1n) is 7.38. The van der Waals surface area contributed by atoms with Crippen LogP contribution in [0.15, 0.2) is 23.2 Å². The van der Waals surface area contributed by atoms with Crippen molar-refractivity contribution in [3.63, 3.8) is 0 Å². The molecule has 0 aliphatic heterocycles. The van der Waals surface area contributed by atoms with Crippen LogP contribution in [0.1, 0.15) is 49.7 Å². The van der Waals surface area contributed by atoms with Crippen molar-refractivity contribution < 1.29 is 26.0 Å². The van der Waals surface area contributed by atoms with E-state index in [-0.39, 0.29) is 0 Å². The number of benzene rings is 1. The summed E-state index contributed by atoms with van der Waals surface area (Å²) >= 11 is -0.826. The molecule has 0 bridgehead atoms. The maximum absolute atomic E-state index is 9.91. The molecule has 0 unspecified atom stereocenters. The van der Waals surface area contributed by atoms with E-state index in [0.29, 0.717) is 17.2 Å². The minimum absolute atomic E-state index is 0.371. The zero-order valence-corrected chi connectivity index (χ0v) is 16.2. The first kappa shape index (κ1) is 17.5. The second kappa shape index (κ2) is 8.13. The van der Waals surface area contributed by atoms with Gasteiger partial charge < -0.3 is 5.11 Å². The van der Waals surface area contributed by atoms with Gasteiger partial charge in [0.25, 0.3) is 0 Å². The van der Waals surface area contributed by atoms with Gasteiger partial charge in [0.1, 0.15) is 5.75 Å². The molecule has 1 aromatic carbocycles. The Balaban J connectivity index is 0.000000497.